The van der Waals surface area contributed by atoms with Crippen LogP contribution in [0.15, 0.2) is 17.5 Å². The molecule has 0 radical (unpaired) electrons. The van der Waals surface area contributed by atoms with E-state index in [1.54, 1.807) is 11.3 Å². The molecule has 4 heteroatoms. The summed E-state index contributed by atoms with van der Waals surface area (Å²) in [4.78, 5) is 14.7. The summed E-state index contributed by atoms with van der Waals surface area (Å²) in [5, 5.41) is 2.08. The summed E-state index contributed by atoms with van der Waals surface area (Å²) < 4.78 is 4.69. The molecule has 0 aliphatic rings. The quantitative estimate of drug-likeness (QED) is 0.715. The van der Waals surface area contributed by atoms with E-state index >= 15 is 0 Å². The van der Waals surface area contributed by atoms with Crippen molar-refractivity contribution in [2.45, 2.75) is 26.3 Å². The molecule has 16 heavy (non-hydrogen) atoms. The van der Waals surface area contributed by atoms with E-state index in [0.29, 0.717) is 12.6 Å². The fourth-order valence-electron chi connectivity index (χ4n) is 1.46. The SMILES string of the molecule is COC(=O)CN(CCc1cccs1)C(C)C. The fraction of sp³-hybridized carbons (Fsp3) is 0.583. The van der Waals surface area contributed by atoms with E-state index in [4.69, 9.17) is 0 Å². The molecule has 0 unspecified atom stereocenters. The smallest absolute Gasteiger partial charge is 0.319 e. The Morgan fingerprint density at radius 1 is 1.56 bits per heavy atom. The van der Waals surface area contributed by atoms with Gasteiger partial charge in [0.2, 0.25) is 0 Å². The lowest BCUT2D eigenvalue weighted by Gasteiger charge is -2.24. The van der Waals surface area contributed by atoms with Gasteiger partial charge in [-0.25, -0.2) is 0 Å². The number of esters is 1. The second kappa shape index (κ2) is 6.66. The van der Waals surface area contributed by atoms with Crippen molar-refractivity contribution in [3.8, 4) is 0 Å². The molecule has 0 N–H and O–H groups in total. The molecule has 0 saturated heterocycles. The molecule has 3 nitrogen and oxygen atoms in total. The Labute approximate surface area is 101 Å². The second-order valence-corrected chi connectivity index (χ2v) is 5.00. The normalized spacial score (nSPS) is 11.1. The Kier molecular flexibility index (Phi) is 5.49. The van der Waals surface area contributed by atoms with Gasteiger partial charge in [-0.1, -0.05) is 6.07 Å². The molecule has 0 spiro atoms. The lowest BCUT2D eigenvalue weighted by molar-refractivity contribution is -0.142. The van der Waals surface area contributed by atoms with Crippen molar-refractivity contribution in [3.05, 3.63) is 22.4 Å². The number of carbonyl (C=O) groups excluding carboxylic acids is 1. The minimum atomic E-state index is -0.167. The molecular formula is C12H19NO2S. The largest absolute Gasteiger partial charge is 0.468 e. The fourth-order valence-corrected chi connectivity index (χ4v) is 2.16. The van der Waals surface area contributed by atoms with E-state index in [1.807, 2.05) is 0 Å². The third kappa shape index (κ3) is 4.33. The summed E-state index contributed by atoms with van der Waals surface area (Å²) >= 11 is 1.76. The highest BCUT2D eigenvalue weighted by molar-refractivity contribution is 7.09. The third-order valence-corrected chi connectivity index (χ3v) is 3.45. The van der Waals surface area contributed by atoms with Crippen molar-refractivity contribution in [1.29, 1.82) is 0 Å². The molecule has 0 atom stereocenters. The molecule has 0 fully saturated rings. The molecule has 1 rings (SSSR count). The van der Waals surface area contributed by atoms with E-state index in [1.165, 1.54) is 12.0 Å². The highest BCUT2D eigenvalue weighted by atomic mass is 32.1. The number of nitrogens with zero attached hydrogens (tertiary/aromatic N) is 1. The van der Waals surface area contributed by atoms with E-state index < -0.39 is 0 Å². The summed E-state index contributed by atoms with van der Waals surface area (Å²) in [5.41, 5.74) is 0. The lowest BCUT2D eigenvalue weighted by atomic mass is 10.2. The van der Waals surface area contributed by atoms with Crippen molar-refractivity contribution in [2.75, 3.05) is 20.2 Å². The zero-order chi connectivity index (χ0) is 12.0. The molecule has 0 amide bonds. The maximum atomic E-state index is 11.2. The molecule has 90 valence electrons. The van der Waals surface area contributed by atoms with Gasteiger partial charge < -0.3 is 4.74 Å². The van der Waals surface area contributed by atoms with Crippen molar-refractivity contribution in [1.82, 2.24) is 4.90 Å². The number of carbonyl (C=O) groups is 1. The van der Waals surface area contributed by atoms with E-state index in [-0.39, 0.29) is 5.97 Å². The van der Waals surface area contributed by atoms with Crippen molar-refractivity contribution < 1.29 is 9.53 Å². The van der Waals surface area contributed by atoms with Crippen LogP contribution in [0.5, 0.6) is 0 Å². The molecule has 0 bridgehead atoms. The minimum absolute atomic E-state index is 0.167. The first-order valence-electron chi connectivity index (χ1n) is 5.46. The number of thiophene rings is 1. The van der Waals surface area contributed by atoms with Crippen LogP contribution in [0.4, 0.5) is 0 Å². The van der Waals surface area contributed by atoms with Gasteiger partial charge in [0.15, 0.2) is 0 Å². The molecule has 0 saturated carbocycles. The van der Waals surface area contributed by atoms with Gasteiger partial charge in [-0.05, 0) is 31.7 Å². The van der Waals surface area contributed by atoms with E-state index in [9.17, 15) is 4.79 Å². The van der Waals surface area contributed by atoms with Crippen LogP contribution < -0.4 is 0 Å². The highest BCUT2D eigenvalue weighted by Crippen LogP contribution is 2.10. The Morgan fingerprint density at radius 2 is 2.31 bits per heavy atom. The number of ether oxygens (including phenoxy) is 1. The van der Waals surface area contributed by atoms with Crippen molar-refractivity contribution in [3.63, 3.8) is 0 Å². The lowest BCUT2D eigenvalue weighted by Crippen LogP contribution is -2.37. The highest BCUT2D eigenvalue weighted by Gasteiger charge is 2.14. The Balaban J connectivity index is 2.42. The van der Waals surface area contributed by atoms with Gasteiger partial charge >= 0.3 is 5.97 Å². The van der Waals surface area contributed by atoms with Gasteiger partial charge in [-0.2, -0.15) is 0 Å². The van der Waals surface area contributed by atoms with Crippen LogP contribution in [0, 0.1) is 0 Å². The van der Waals surface area contributed by atoms with Crippen LogP contribution in [0.1, 0.15) is 18.7 Å². The average Bonchev–Trinajstić information content (AvgIpc) is 2.76. The average molecular weight is 241 g/mol. The van der Waals surface area contributed by atoms with Crippen LogP contribution in [-0.4, -0.2) is 37.1 Å². The van der Waals surface area contributed by atoms with Gasteiger partial charge in [0.1, 0.15) is 0 Å². The Hall–Kier alpha value is -0.870. The first-order chi connectivity index (χ1) is 7.63. The zero-order valence-electron chi connectivity index (χ0n) is 10.1. The van der Waals surface area contributed by atoms with Crippen LogP contribution in [0.25, 0.3) is 0 Å². The van der Waals surface area contributed by atoms with Gasteiger partial charge in [0.25, 0.3) is 0 Å². The Bertz CT molecular complexity index is 309. The molecule has 0 aliphatic carbocycles. The molecular weight excluding hydrogens is 222 g/mol. The van der Waals surface area contributed by atoms with Crippen LogP contribution in [0.2, 0.25) is 0 Å². The Morgan fingerprint density at radius 3 is 2.81 bits per heavy atom. The van der Waals surface area contributed by atoms with Crippen molar-refractivity contribution in [2.24, 2.45) is 0 Å². The zero-order valence-corrected chi connectivity index (χ0v) is 10.9. The van der Waals surface area contributed by atoms with E-state index in [2.05, 4.69) is 41.0 Å². The molecule has 1 aromatic rings. The predicted octanol–water partition coefficient (Wildman–Crippen LogP) is 2.17. The summed E-state index contributed by atoms with van der Waals surface area (Å²) in [6, 6.07) is 4.54. The van der Waals surface area contributed by atoms with Gasteiger partial charge in [0, 0.05) is 17.5 Å². The first kappa shape index (κ1) is 13.2. The second-order valence-electron chi connectivity index (χ2n) is 3.97. The molecule has 0 aliphatic heterocycles. The summed E-state index contributed by atoms with van der Waals surface area (Å²) in [5.74, 6) is -0.167. The maximum Gasteiger partial charge on any atom is 0.319 e. The van der Waals surface area contributed by atoms with E-state index in [0.717, 1.165) is 13.0 Å². The predicted molar refractivity (Wildman–Crippen MR) is 66.7 cm³/mol. The first-order valence-corrected chi connectivity index (χ1v) is 6.34. The molecule has 1 heterocycles. The van der Waals surface area contributed by atoms with Gasteiger partial charge in [-0.15, -0.1) is 11.3 Å². The van der Waals surface area contributed by atoms with Gasteiger partial charge in [-0.3, -0.25) is 9.69 Å². The summed E-state index contributed by atoms with van der Waals surface area (Å²) in [6.45, 7) is 5.46. The molecule has 0 aromatic carbocycles. The van der Waals surface area contributed by atoms with Crippen molar-refractivity contribution >= 4 is 17.3 Å². The van der Waals surface area contributed by atoms with Crippen LogP contribution in [0.3, 0.4) is 0 Å². The van der Waals surface area contributed by atoms with Crippen LogP contribution in [-0.2, 0) is 16.0 Å². The number of hydrogen-bond acceptors (Lipinski definition) is 4. The third-order valence-electron chi connectivity index (χ3n) is 2.52. The number of hydrogen-bond donors (Lipinski definition) is 0. The summed E-state index contributed by atoms with van der Waals surface area (Å²) in [7, 11) is 1.43. The monoisotopic (exact) mass is 241 g/mol. The topological polar surface area (TPSA) is 29.5 Å². The van der Waals surface area contributed by atoms with Crippen LogP contribution >= 0.6 is 11.3 Å². The van der Waals surface area contributed by atoms with Gasteiger partial charge in [0.05, 0.1) is 13.7 Å². The maximum absolute atomic E-state index is 11.2. The minimum Gasteiger partial charge on any atom is -0.468 e. The standard InChI is InChI=1S/C12H19NO2S/c1-10(2)13(9-12(14)15-3)7-6-11-5-4-8-16-11/h4-5,8,10H,6-7,9H2,1-3H3. The summed E-state index contributed by atoms with van der Waals surface area (Å²) in [6.07, 6.45) is 0.993. The number of methoxy groups -OCH3 is 1. The number of rotatable bonds is 6. The molecule has 1 aromatic heterocycles.